The predicted octanol–water partition coefficient (Wildman–Crippen LogP) is 4.47. The molecule has 33 heavy (non-hydrogen) atoms. The summed E-state index contributed by atoms with van der Waals surface area (Å²) in [6, 6.07) is 12.7. The van der Waals surface area contributed by atoms with E-state index in [0.717, 1.165) is 17.5 Å². The molecule has 3 N–H and O–H groups in total. The van der Waals surface area contributed by atoms with Crippen LogP contribution >= 0.6 is 0 Å². The Hall–Kier alpha value is -3.20. The Bertz CT molecular complexity index is 1030. The maximum absolute atomic E-state index is 10.4. The van der Waals surface area contributed by atoms with Crippen LogP contribution in [-0.4, -0.2) is 47.1 Å². The van der Waals surface area contributed by atoms with E-state index in [-0.39, 0.29) is 11.8 Å². The molecule has 0 aliphatic carbocycles. The fourth-order valence-electron chi connectivity index (χ4n) is 3.40. The normalized spacial score (nSPS) is 12.8. The number of aromatic nitrogens is 2. The van der Waals surface area contributed by atoms with E-state index < -0.39 is 6.29 Å². The minimum absolute atomic E-state index is 0.0421. The van der Waals surface area contributed by atoms with E-state index >= 15 is 0 Å². The summed E-state index contributed by atoms with van der Waals surface area (Å²) in [6.45, 7) is 5.36. The van der Waals surface area contributed by atoms with Crippen LogP contribution in [0.5, 0.6) is 11.5 Å². The van der Waals surface area contributed by atoms with Crippen LogP contribution in [0.1, 0.15) is 43.7 Å². The van der Waals surface area contributed by atoms with Crippen LogP contribution in [0, 0.1) is 0 Å². The zero-order valence-electron chi connectivity index (χ0n) is 19.2. The van der Waals surface area contributed by atoms with E-state index in [0.29, 0.717) is 42.6 Å². The van der Waals surface area contributed by atoms with Gasteiger partial charge in [0.05, 0.1) is 44.5 Å². The average molecular weight is 454 g/mol. The summed E-state index contributed by atoms with van der Waals surface area (Å²) < 4.78 is 15.9. The molecule has 2 unspecified atom stereocenters. The summed E-state index contributed by atoms with van der Waals surface area (Å²) in [5.74, 6) is 1.06. The molecule has 8 nitrogen and oxygen atoms in total. The quantitative estimate of drug-likeness (QED) is 0.273. The fourth-order valence-corrected chi connectivity index (χ4v) is 3.40. The smallest absolute Gasteiger partial charge is 0.181 e. The van der Waals surface area contributed by atoms with Crippen molar-refractivity contribution in [2.45, 2.75) is 32.6 Å². The molecule has 3 rings (SSSR count). The highest BCUT2D eigenvalue weighted by Gasteiger charge is 2.15. The van der Waals surface area contributed by atoms with Crippen LogP contribution in [0.2, 0.25) is 0 Å². The highest BCUT2D eigenvalue weighted by atomic mass is 16.6. The van der Waals surface area contributed by atoms with Crippen molar-refractivity contribution in [2.75, 3.05) is 32.2 Å². The van der Waals surface area contributed by atoms with Crippen molar-refractivity contribution in [1.29, 1.82) is 0 Å². The van der Waals surface area contributed by atoms with Crippen molar-refractivity contribution < 1.29 is 24.4 Å². The van der Waals surface area contributed by atoms with E-state index in [2.05, 4.69) is 22.2 Å². The number of benzene rings is 2. The van der Waals surface area contributed by atoms with Crippen LogP contribution in [-0.2, 0) is 9.47 Å². The van der Waals surface area contributed by atoms with E-state index in [9.17, 15) is 10.2 Å². The van der Waals surface area contributed by atoms with Gasteiger partial charge in [-0.3, -0.25) is 4.98 Å². The number of phenols is 1. The largest absolute Gasteiger partial charge is 0.504 e. The summed E-state index contributed by atoms with van der Waals surface area (Å²) >= 11 is 0. The van der Waals surface area contributed by atoms with Gasteiger partial charge < -0.3 is 29.7 Å². The van der Waals surface area contributed by atoms with E-state index in [1.165, 1.54) is 7.11 Å². The van der Waals surface area contributed by atoms with Crippen molar-refractivity contribution in [1.82, 2.24) is 9.97 Å². The molecule has 0 saturated carbocycles. The third kappa shape index (κ3) is 6.64. The van der Waals surface area contributed by atoms with Crippen molar-refractivity contribution in [3.63, 3.8) is 0 Å². The number of nitrogens with zero attached hydrogens (tertiary/aromatic N) is 2. The summed E-state index contributed by atoms with van der Waals surface area (Å²) in [5, 5.41) is 23.6. The first kappa shape index (κ1) is 24.4. The van der Waals surface area contributed by atoms with E-state index in [1.54, 1.807) is 30.6 Å². The number of aromatic hydroxyl groups is 1. The molecule has 3 aromatic rings. The molecule has 0 fully saturated rings. The van der Waals surface area contributed by atoms with Gasteiger partial charge in [-0.25, -0.2) is 4.98 Å². The molecule has 0 spiro atoms. The second kappa shape index (κ2) is 12.2. The lowest BCUT2D eigenvalue weighted by molar-refractivity contribution is -0.115. The molecule has 0 aliphatic heterocycles. The molecule has 176 valence electrons. The Labute approximate surface area is 194 Å². The first-order valence-electron chi connectivity index (χ1n) is 11.0. The number of methoxy groups -OCH3 is 1. The lowest BCUT2D eigenvalue weighted by Gasteiger charge is -2.20. The zero-order valence-corrected chi connectivity index (χ0v) is 19.2. The Kier molecular flexibility index (Phi) is 9.00. The van der Waals surface area contributed by atoms with Gasteiger partial charge in [0.25, 0.3) is 0 Å². The van der Waals surface area contributed by atoms with Gasteiger partial charge in [-0.2, -0.15) is 0 Å². The molecule has 0 radical (unpaired) electrons. The number of nitrogens with one attached hydrogen (secondary N) is 1. The lowest BCUT2D eigenvalue weighted by atomic mass is 10.0. The molecule has 2 aromatic carbocycles. The van der Waals surface area contributed by atoms with Gasteiger partial charge in [-0.05, 0) is 43.2 Å². The third-order valence-corrected chi connectivity index (χ3v) is 5.15. The Morgan fingerprint density at radius 1 is 1.03 bits per heavy atom. The minimum Gasteiger partial charge on any atom is -0.504 e. The van der Waals surface area contributed by atoms with Crippen molar-refractivity contribution in [3.8, 4) is 22.8 Å². The maximum atomic E-state index is 10.4. The number of hydrogen-bond donors (Lipinski definition) is 3. The molecule has 8 heteroatoms. The van der Waals surface area contributed by atoms with Crippen molar-refractivity contribution in [3.05, 3.63) is 66.0 Å². The molecule has 0 saturated heterocycles. The molecule has 0 bridgehead atoms. The van der Waals surface area contributed by atoms with Gasteiger partial charge in [-0.15, -0.1) is 0 Å². The first-order chi connectivity index (χ1) is 16.0. The second-order valence-corrected chi connectivity index (χ2v) is 7.37. The van der Waals surface area contributed by atoms with Gasteiger partial charge in [0.2, 0.25) is 0 Å². The van der Waals surface area contributed by atoms with Crippen LogP contribution in [0.4, 0.5) is 5.82 Å². The molecule has 2 atom stereocenters. The number of hydrogen-bond acceptors (Lipinski definition) is 8. The Morgan fingerprint density at radius 2 is 1.85 bits per heavy atom. The number of anilines is 1. The average Bonchev–Trinajstić information content (AvgIpc) is 2.85. The summed E-state index contributed by atoms with van der Waals surface area (Å²) in [7, 11) is 1.50. The molecule has 0 aliphatic rings. The molecular weight excluding hydrogens is 422 g/mol. The van der Waals surface area contributed by atoms with Gasteiger partial charge in [-0.1, -0.05) is 25.1 Å². The topological polar surface area (TPSA) is 106 Å². The van der Waals surface area contributed by atoms with Crippen LogP contribution < -0.4 is 10.1 Å². The Morgan fingerprint density at radius 3 is 2.61 bits per heavy atom. The standard InChI is InChI=1S/C25H31N3O5/c1-4-20(17-7-6-8-19(13-17)25(30)33-12-11-32-5-2)27-24-16-26-15-21(28-24)18-9-10-22(29)23(14-18)31-3/h6-10,13-16,20,25,29-30H,4-5,11-12H2,1-3H3,(H,27,28). The minimum atomic E-state index is -1.02. The summed E-state index contributed by atoms with van der Waals surface area (Å²) in [4.78, 5) is 8.99. The Balaban J connectivity index is 1.74. The number of phenolic OH excluding ortho intramolecular Hbond substituents is 1. The number of ether oxygens (including phenoxy) is 3. The third-order valence-electron chi connectivity index (χ3n) is 5.15. The van der Waals surface area contributed by atoms with Crippen LogP contribution in [0.3, 0.4) is 0 Å². The van der Waals surface area contributed by atoms with Gasteiger partial charge >= 0.3 is 0 Å². The lowest BCUT2D eigenvalue weighted by Crippen LogP contribution is -2.13. The van der Waals surface area contributed by atoms with Crippen molar-refractivity contribution >= 4 is 5.82 Å². The highest BCUT2D eigenvalue weighted by molar-refractivity contribution is 5.64. The van der Waals surface area contributed by atoms with E-state index in [1.807, 2.05) is 31.2 Å². The summed E-state index contributed by atoms with van der Waals surface area (Å²) in [6.07, 6.45) is 3.10. The van der Waals surface area contributed by atoms with Crippen LogP contribution in [0.15, 0.2) is 54.9 Å². The second-order valence-electron chi connectivity index (χ2n) is 7.37. The predicted molar refractivity (Wildman–Crippen MR) is 126 cm³/mol. The highest BCUT2D eigenvalue weighted by Crippen LogP contribution is 2.31. The first-order valence-corrected chi connectivity index (χ1v) is 11.0. The van der Waals surface area contributed by atoms with Crippen LogP contribution in [0.25, 0.3) is 11.3 Å². The SMILES string of the molecule is CCOCCOC(O)c1cccc(C(CC)Nc2cncc(-c3ccc(O)c(OC)c3)n2)c1. The van der Waals surface area contributed by atoms with Gasteiger partial charge in [0.15, 0.2) is 17.8 Å². The fraction of sp³-hybridized carbons (Fsp3) is 0.360. The number of aliphatic hydroxyl groups excluding tert-OH is 1. The molecule has 0 amide bonds. The number of rotatable bonds is 12. The van der Waals surface area contributed by atoms with Crippen molar-refractivity contribution in [2.24, 2.45) is 0 Å². The maximum Gasteiger partial charge on any atom is 0.181 e. The van der Waals surface area contributed by atoms with Gasteiger partial charge in [0.1, 0.15) is 5.82 Å². The van der Waals surface area contributed by atoms with Gasteiger partial charge in [0, 0.05) is 17.7 Å². The summed E-state index contributed by atoms with van der Waals surface area (Å²) in [5.41, 5.74) is 3.12. The monoisotopic (exact) mass is 453 g/mol. The molecule has 1 heterocycles. The molecule has 1 aromatic heterocycles. The van der Waals surface area contributed by atoms with E-state index in [4.69, 9.17) is 14.2 Å². The molecular formula is C25H31N3O5. The zero-order chi connectivity index (χ0) is 23.6. The number of aliphatic hydroxyl groups is 1.